The standard InChI is InChI=1S/C13H24N2O.ClH/c1-9-5-4-6-15(11(9)3)13(16)10(2)12-7-14-8-12;/h9-12,14H,4-8H2,1-3H3;1H. The highest BCUT2D eigenvalue weighted by Gasteiger charge is 2.35. The Bertz CT molecular complexity index is 268. The Kier molecular flexibility index (Phi) is 5.26. The number of hydrogen-bond acceptors (Lipinski definition) is 2. The van der Waals surface area contributed by atoms with Crippen LogP contribution in [0.5, 0.6) is 0 Å². The van der Waals surface area contributed by atoms with Crippen molar-refractivity contribution in [3.63, 3.8) is 0 Å². The lowest BCUT2D eigenvalue weighted by molar-refractivity contribution is -0.142. The van der Waals surface area contributed by atoms with Gasteiger partial charge in [-0.1, -0.05) is 13.8 Å². The van der Waals surface area contributed by atoms with E-state index in [-0.39, 0.29) is 18.3 Å². The smallest absolute Gasteiger partial charge is 0.226 e. The Morgan fingerprint density at radius 1 is 1.35 bits per heavy atom. The molecule has 1 amide bonds. The summed E-state index contributed by atoms with van der Waals surface area (Å²) in [6.45, 7) is 9.57. The molecule has 0 bridgehead atoms. The molecule has 17 heavy (non-hydrogen) atoms. The summed E-state index contributed by atoms with van der Waals surface area (Å²) in [7, 11) is 0. The highest BCUT2D eigenvalue weighted by Crippen LogP contribution is 2.27. The van der Waals surface area contributed by atoms with E-state index >= 15 is 0 Å². The fourth-order valence-electron chi connectivity index (χ4n) is 2.77. The maximum absolute atomic E-state index is 12.4. The monoisotopic (exact) mass is 260 g/mol. The third-order valence-corrected chi connectivity index (χ3v) is 4.57. The van der Waals surface area contributed by atoms with Crippen LogP contribution in [0.2, 0.25) is 0 Å². The predicted octanol–water partition coefficient (Wildman–Crippen LogP) is 1.91. The molecule has 3 nitrogen and oxygen atoms in total. The van der Waals surface area contributed by atoms with Crippen molar-refractivity contribution in [2.75, 3.05) is 19.6 Å². The molecule has 2 fully saturated rings. The first kappa shape index (κ1) is 14.8. The molecule has 0 saturated carbocycles. The van der Waals surface area contributed by atoms with E-state index in [9.17, 15) is 4.79 Å². The van der Waals surface area contributed by atoms with Crippen LogP contribution < -0.4 is 5.32 Å². The molecule has 3 atom stereocenters. The summed E-state index contributed by atoms with van der Waals surface area (Å²) in [5, 5.41) is 3.25. The van der Waals surface area contributed by atoms with Gasteiger partial charge in [0.15, 0.2) is 0 Å². The number of carbonyl (C=O) groups excluding carboxylic acids is 1. The molecular weight excluding hydrogens is 236 g/mol. The number of hydrogen-bond donors (Lipinski definition) is 1. The number of piperidine rings is 1. The molecule has 2 heterocycles. The molecule has 3 unspecified atom stereocenters. The molecule has 100 valence electrons. The minimum absolute atomic E-state index is 0. The Labute approximate surface area is 111 Å². The highest BCUT2D eigenvalue weighted by atomic mass is 35.5. The number of halogens is 1. The number of nitrogens with zero attached hydrogens (tertiary/aromatic N) is 1. The quantitative estimate of drug-likeness (QED) is 0.823. The third-order valence-electron chi connectivity index (χ3n) is 4.57. The molecule has 4 heteroatoms. The Morgan fingerprint density at radius 2 is 2.00 bits per heavy atom. The first-order chi connectivity index (χ1) is 7.61. The molecule has 2 saturated heterocycles. The molecule has 2 aliphatic rings. The minimum atomic E-state index is 0. The molecule has 0 aromatic rings. The van der Waals surface area contributed by atoms with Gasteiger partial charge >= 0.3 is 0 Å². The van der Waals surface area contributed by atoms with Crippen molar-refractivity contribution in [1.29, 1.82) is 0 Å². The van der Waals surface area contributed by atoms with E-state index in [0.29, 0.717) is 23.8 Å². The Balaban J connectivity index is 0.00000144. The van der Waals surface area contributed by atoms with Gasteiger partial charge in [0.05, 0.1) is 0 Å². The van der Waals surface area contributed by atoms with Gasteiger partial charge in [0.25, 0.3) is 0 Å². The van der Waals surface area contributed by atoms with E-state index < -0.39 is 0 Å². The van der Waals surface area contributed by atoms with Crippen LogP contribution in [0.4, 0.5) is 0 Å². The predicted molar refractivity (Wildman–Crippen MR) is 72.3 cm³/mol. The van der Waals surface area contributed by atoms with Crippen molar-refractivity contribution >= 4 is 18.3 Å². The summed E-state index contributed by atoms with van der Waals surface area (Å²) in [6.07, 6.45) is 2.44. The summed E-state index contributed by atoms with van der Waals surface area (Å²) in [4.78, 5) is 14.5. The van der Waals surface area contributed by atoms with E-state index in [1.54, 1.807) is 0 Å². The van der Waals surface area contributed by atoms with Crippen LogP contribution >= 0.6 is 12.4 Å². The lowest BCUT2D eigenvalue weighted by atomic mass is 9.85. The molecule has 0 spiro atoms. The van der Waals surface area contributed by atoms with Crippen molar-refractivity contribution in [2.45, 2.75) is 39.7 Å². The van der Waals surface area contributed by atoms with E-state index in [2.05, 4.69) is 31.0 Å². The second-order valence-corrected chi connectivity index (χ2v) is 5.60. The lowest BCUT2D eigenvalue weighted by Gasteiger charge is -2.42. The summed E-state index contributed by atoms with van der Waals surface area (Å²) >= 11 is 0. The maximum atomic E-state index is 12.4. The normalized spacial score (nSPS) is 31.4. The van der Waals surface area contributed by atoms with E-state index in [0.717, 1.165) is 19.6 Å². The first-order valence-electron chi connectivity index (χ1n) is 6.62. The number of amides is 1. The molecule has 0 radical (unpaired) electrons. The molecule has 2 aliphatic heterocycles. The van der Waals surface area contributed by atoms with Crippen LogP contribution in [-0.2, 0) is 4.79 Å². The van der Waals surface area contributed by atoms with E-state index in [4.69, 9.17) is 0 Å². The molecule has 0 aliphatic carbocycles. The zero-order chi connectivity index (χ0) is 11.7. The fourth-order valence-corrected chi connectivity index (χ4v) is 2.77. The van der Waals surface area contributed by atoms with Crippen LogP contribution in [0.3, 0.4) is 0 Å². The molecule has 1 N–H and O–H groups in total. The largest absolute Gasteiger partial charge is 0.339 e. The molecular formula is C13H25ClN2O. The van der Waals surface area contributed by atoms with Gasteiger partial charge in [-0.15, -0.1) is 12.4 Å². The van der Waals surface area contributed by atoms with Gasteiger partial charge in [-0.3, -0.25) is 4.79 Å². The topological polar surface area (TPSA) is 32.3 Å². The highest BCUT2D eigenvalue weighted by molar-refractivity contribution is 5.85. The van der Waals surface area contributed by atoms with Crippen molar-refractivity contribution in [1.82, 2.24) is 10.2 Å². The number of likely N-dealkylation sites (tertiary alicyclic amines) is 1. The number of rotatable bonds is 2. The van der Waals surface area contributed by atoms with Crippen LogP contribution in [0.15, 0.2) is 0 Å². The first-order valence-corrected chi connectivity index (χ1v) is 6.62. The molecule has 0 aromatic carbocycles. The van der Waals surface area contributed by atoms with Gasteiger partial charge in [0, 0.05) is 18.5 Å². The average molecular weight is 261 g/mol. The summed E-state index contributed by atoms with van der Waals surface area (Å²) in [5.74, 6) is 1.81. The van der Waals surface area contributed by atoms with Crippen molar-refractivity contribution in [2.24, 2.45) is 17.8 Å². The fraction of sp³-hybridized carbons (Fsp3) is 0.923. The van der Waals surface area contributed by atoms with Crippen LogP contribution in [0, 0.1) is 17.8 Å². The summed E-state index contributed by atoms with van der Waals surface area (Å²) < 4.78 is 0. The van der Waals surface area contributed by atoms with Gasteiger partial charge in [0.2, 0.25) is 5.91 Å². The van der Waals surface area contributed by atoms with Crippen LogP contribution in [0.25, 0.3) is 0 Å². The van der Waals surface area contributed by atoms with Gasteiger partial charge in [-0.2, -0.15) is 0 Å². The second-order valence-electron chi connectivity index (χ2n) is 5.60. The Hall–Kier alpha value is -0.280. The van der Waals surface area contributed by atoms with E-state index in [1.165, 1.54) is 12.8 Å². The van der Waals surface area contributed by atoms with Gasteiger partial charge in [-0.25, -0.2) is 0 Å². The van der Waals surface area contributed by atoms with Gasteiger partial charge in [0.1, 0.15) is 0 Å². The summed E-state index contributed by atoms with van der Waals surface area (Å²) in [6, 6.07) is 0.428. The van der Waals surface area contributed by atoms with E-state index in [1.807, 2.05) is 0 Å². The summed E-state index contributed by atoms with van der Waals surface area (Å²) in [5.41, 5.74) is 0. The number of nitrogens with one attached hydrogen (secondary N) is 1. The van der Waals surface area contributed by atoms with Crippen molar-refractivity contribution in [3.8, 4) is 0 Å². The molecule has 0 aromatic heterocycles. The minimum Gasteiger partial charge on any atom is -0.339 e. The number of carbonyl (C=O) groups is 1. The van der Waals surface area contributed by atoms with Crippen molar-refractivity contribution < 1.29 is 4.79 Å². The zero-order valence-electron chi connectivity index (χ0n) is 11.1. The molecule has 2 rings (SSSR count). The van der Waals surface area contributed by atoms with Crippen LogP contribution in [-0.4, -0.2) is 36.5 Å². The second kappa shape index (κ2) is 6.05. The Morgan fingerprint density at radius 3 is 2.53 bits per heavy atom. The average Bonchev–Trinajstić information content (AvgIpc) is 2.18. The zero-order valence-corrected chi connectivity index (χ0v) is 11.9. The maximum Gasteiger partial charge on any atom is 0.226 e. The SMILES string of the molecule is CC1CCCN(C(=O)C(C)C2CNC2)C1C.Cl. The third kappa shape index (κ3) is 2.94. The van der Waals surface area contributed by atoms with Crippen LogP contribution in [0.1, 0.15) is 33.6 Å². The van der Waals surface area contributed by atoms with Gasteiger partial charge < -0.3 is 10.2 Å². The van der Waals surface area contributed by atoms with Crippen molar-refractivity contribution in [3.05, 3.63) is 0 Å². The lowest BCUT2D eigenvalue weighted by Crippen LogP contribution is -2.54. The van der Waals surface area contributed by atoms with Gasteiger partial charge in [-0.05, 0) is 44.7 Å².